The van der Waals surface area contributed by atoms with Gasteiger partial charge in [0.2, 0.25) is 0 Å². The Labute approximate surface area is 386 Å². The van der Waals surface area contributed by atoms with Crippen LogP contribution in [-0.4, -0.2) is 106 Å². The van der Waals surface area contributed by atoms with Gasteiger partial charge in [-0.2, -0.15) is 0 Å². The van der Waals surface area contributed by atoms with Crippen LogP contribution in [0.25, 0.3) is 0 Å². The molecule has 3 saturated heterocycles. The predicted octanol–water partition coefficient (Wildman–Crippen LogP) is 6.04. The number of nitrogens with zero attached hydrogens (tertiary/aromatic N) is 2. The highest BCUT2D eigenvalue weighted by atomic mass is 16.7. The van der Waals surface area contributed by atoms with Gasteiger partial charge in [0.15, 0.2) is 5.79 Å². The lowest BCUT2D eigenvalue weighted by Crippen LogP contribution is -2.65. The van der Waals surface area contributed by atoms with Crippen molar-refractivity contribution in [2.75, 3.05) is 6.61 Å². The van der Waals surface area contributed by atoms with Crippen LogP contribution < -0.4 is 0 Å². The number of fused-ring (bicyclic) bond motifs is 16. The molecule has 1 aromatic rings. The molecule has 11 heteroatoms. The zero-order valence-corrected chi connectivity index (χ0v) is 40.7. The number of ether oxygens (including phenoxy) is 3. The van der Waals surface area contributed by atoms with Crippen LogP contribution >= 0.6 is 0 Å². The lowest BCUT2D eigenvalue weighted by molar-refractivity contribution is -0.256. The quantitative estimate of drug-likeness (QED) is 0.195. The molecular formula is C54H80N2O9. The highest BCUT2D eigenvalue weighted by molar-refractivity contribution is 5.43. The molecule has 3 aliphatic heterocycles. The van der Waals surface area contributed by atoms with Crippen molar-refractivity contribution in [1.29, 1.82) is 0 Å². The number of aliphatic hydroxyl groups excluding tert-OH is 4. The van der Waals surface area contributed by atoms with Crippen LogP contribution in [0.5, 0.6) is 0 Å². The molecule has 11 nitrogen and oxygen atoms in total. The van der Waals surface area contributed by atoms with Gasteiger partial charge in [0.05, 0.1) is 71.1 Å². The lowest BCUT2D eigenvalue weighted by Gasteiger charge is -2.62. The van der Waals surface area contributed by atoms with Crippen LogP contribution in [0.1, 0.15) is 149 Å². The molecule has 4 heterocycles. The Kier molecular flexibility index (Phi) is 9.52. The summed E-state index contributed by atoms with van der Waals surface area (Å²) in [6.07, 6.45) is 10.9. The molecule has 8 aliphatic carbocycles. The summed E-state index contributed by atoms with van der Waals surface area (Å²) in [6, 6.07) is 0. The van der Waals surface area contributed by atoms with Crippen molar-refractivity contribution in [3.63, 3.8) is 0 Å². The third-order valence-electron chi connectivity index (χ3n) is 23.3. The van der Waals surface area contributed by atoms with Gasteiger partial charge >= 0.3 is 0 Å². The number of aliphatic hydroxyl groups is 6. The summed E-state index contributed by atoms with van der Waals surface area (Å²) in [5.41, 5.74) is 1.30. The fraction of sp³-hybridized carbons (Fsp3) is 0.889. The highest BCUT2D eigenvalue weighted by Crippen LogP contribution is 2.73. The third kappa shape index (κ3) is 5.63. The van der Waals surface area contributed by atoms with Gasteiger partial charge in [0.25, 0.3) is 0 Å². The van der Waals surface area contributed by atoms with Crippen molar-refractivity contribution < 1.29 is 44.8 Å². The van der Waals surface area contributed by atoms with Crippen molar-refractivity contribution in [3.05, 3.63) is 34.4 Å². The van der Waals surface area contributed by atoms with E-state index in [2.05, 4.69) is 41.5 Å². The molecule has 65 heavy (non-hydrogen) atoms. The van der Waals surface area contributed by atoms with Crippen LogP contribution in [0.3, 0.4) is 0 Å². The third-order valence-corrected chi connectivity index (χ3v) is 23.3. The molecule has 5 saturated carbocycles. The molecule has 0 amide bonds. The first-order valence-electron chi connectivity index (χ1n) is 26.2. The molecule has 8 fully saturated rings. The monoisotopic (exact) mass is 901 g/mol. The van der Waals surface area contributed by atoms with Gasteiger partial charge in [0.1, 0.15) is 11.7 Å². The fourth-order valence-corrected chi connectivity index (χ4v) is 19.4. The first-order valence-corrected chi connectivity index (χ1v) is 26.2. The van der Waals surface area contributed by atoms with E-state index in [1.165, 1.54) is 12.8 Å². The zero-order valence-electron chi connectivity index (χ0n) is 40.7. The molecule has 12 rings (SSSR count). The number of aromatic nitrogens is 2. The van der Waals surface area contributed by atoms with E-state index < -0.39 is 40.7 Å². The summed E-state index contributed by atoms with van der Waals surface area (Å²) in [5.74, 6) is 1.58. The normalized spacial score (nSPS) is 56.2. The van der Waals surface area contributed by atoms with Crippen LogP contribution in [0.4, 0.5) is 0 Å². The Balaban J connectivity index is 0.795. The first-order chi connectivity index (χ1) is 30.4. The Bertz CT molecular complexity index is 2180. The number of rotatable bonds is 4. The molecular weight excluding hydrogens is 821 g/mol. The summed E-state index contributed by atoms with van der Waals surface area (Å²) in [6.45, 7) is 19.3. The van der Waals surface area contributed by atoms with Crippen LogP contribution in [0.15, 0.2) is 11.6 Å². The van der Waals surface area contributed by atoms with Gasteiger partial charge in [0, 0.05) is 40.9 Å². The first kappa shape index (κ1) is 44.7. The van der Waals surface area contributed by atoms with E-state index >= 15 is 0 Å². The SMILES string of the molecule is C[C@@H]1C(CC[C@](C)(O)CO)O[C@H]2C=C3[C@@H]4[C@@H](O)C[C@H]5Cc6nc7c(nc6C[C@]5(C)[C@H]4C[C@@H](O)[C@]3(C)[C@]21O)C[C@@H]1CC[C@H]2[C@H]3C[C@@H]4O[C@@]5(CCC(C)(C)O5)[C@@H](C)[C@@H]4[C@@]3(C)[C@H](O)C[C@@H]2[C@@]1(C)C7. The van der Waals surface area contributed by atoms with Gasteiger partial charge in [-0.05, 0) is 151 Å². The number of hydrogen-bond acceptors (Lipinski definition) is 11. The minimum Gasteiger partial charge on any atom is -0.393 e. The summed E-state index contributed by atoms with van der Waals surface area (Å²) in [7, 11) is 0. The second-order valence-corrected chi connectivity index (χ2v) is 26.5. The minimum atomic E-state index is -1.36. The maximum absolute atomic E-state index is 12.7. The van der Waals surface area contributed by atoms with Gasteiger partial charge < -0.3 is 44.8 Å². The molecule has 0 aromatic carbocycles. The van der Waals surface area contributed by atoms with E-state index in [9.17, 15) is 30.6 Å². The molecule has 1 aromatic heterocycles. The van der Waals surface area contributed by atoms with E-state index in [-0.39, 0.29) is 76.4 Å². The van der Waals surface area contributed by atoms with Gasteiger partial charge in [-0.3, -0.25) is 9.97 Å². The molecule has 6 N–H and O–H groups in total. The van der Waals surface area contributed by atoms with Crippen LogP contribution in [0.2, 0.25) is 0 Å². The Hall–Kier alpha value is -1.54. The maximum atomic E-state index is 12.7. The average molecular weight is 901 g/mol. The van der Waals surface area contributed by atoms with Crippen molar-refractivity contribution in [2.45, 2.75) is 211 Å². The molecule has 23 atom stereocenters. The smallest absolute Gasteiger partial charge is 0.172 e. The van der Waals surface area contributed by atoms with Gasteiger partial charge in [-0.15, -0.1) is 0 Å². The Morgan fingerprint density at radius 3 is 2.11 bits per heavy atom. The van der Waals surface area contributed by atoms with E-state index in [1.54, 1.807) is 6.92 Å². The minimum absolute atomic E-state index is 0.00158. The maximum Gasteiger partial charge on any atom is 0.172 e. The van der Waals surface area contributed by atoms with E-state index in [0.29, 0.717) is 55.3 Å². The van der Waals surface area contributed by atoms with E-state index in [0.717, 1.165) is 79.7 Å². The van der Waals surface area contributed by atoms with Crippen molar-refractivity contribution in [1.82, 2.24) is 9.97 Å². The van der Waals surface area contributed by atoms with Crippen molar-refractivity contribution >= 4 is 0 Å². The molecule has 360 valence electrons. The van der Waals surface area contributed by atoms with Crippen LogP contribution in [-0.2, 0) is 39.9 Å². The van der Waals surface area contributed by atoms with Gasteiger partial charge in [-0.25, -0.2) is 0 Å². The second kappa shape index (κ2) is 13.9. The second-order valence-electron chi connectivity index (χ2n) is 26.5. The van der Waals surface area contributed by atoms with Crippen molar-refractivity contribution in [3.8, 4) is 0 Å². The Morgan fingerprint density at radius 1 is 0.785 bits per heavy atom. The molecule has 1 unspecified atom stereocenters. The summed E-state index contributed by atoms with van der Waals surface area (Å²) in [5, 5.41) is 70.1. The fourth-order valence-electron chi connectivity index (χ4n) is 19.4. The van der Waals surface area contributed by atoms with E-state index in [1.807, 2.05) is 19.9 Å². The van der Waals surface area contributed by atoms with Crippen LogP contribution in [0, 0.1) is 80.8 Å². The molecule has 0 bridgehead atoms. The summed E-state index contributed by atoms with van der Waals surface area (Å²) < 4.78 is 20.4. The molecule has 0 radical (unpaired) electrons. The van der Waals surface area contributed by atoms with Gasteiger partial charge in [-0.1, -0.05) is 53.2 Å². The molecule has 11 aliphatic rings. The van der Waals surface area contributed by atoms with Crippen molar-refractivity contribution in [2.24, 2.45) is 80.8 Å². The largest absolute Gasteiger partial charge is 0.393 e. The zero-order chi connectivity index (χ0) is 46.0. The summed E-state index contributed by atoms with van der Waals surface area (Å²) >= 11 is 0. The average Bonchev–Trinajstić information content (AvgIpc) is 3.95. The number of hydrogen-bond donors (Lipinski definition) is 6. The highest BCUT2D eigenvalue weighted by Gasteiger charge is 2.75. The lowest BCUT2D eigenvalue weighted by atomic mass is 9.43. The summed E-state index contributed by atoms with van der Waals surface area (Å²) in [4.78, 5) is 11.2. The Morgan fingerprint density at radius 2 is 1.45 bits per heavy atom. The molecule has 1 spiro atoms. The topological polar surface area (TPSA) is 175 Å². The standard InChI is InChI=1S/C54H80N2O9/c1-26-40(12-13-48(5,61)25-57)63-44-22-34-45-33(21-43(60)52(34,9)54(26,44)62)50(7)24-38-36(17-29(50)18-39(45)58)56-37-23-49(6)28(16-35(37)55-38)10-11-30-31(49)20-42(59)51(8)32(30)19-41-46(51)27(2)53(64-41)15-14-47(3,4)65-53/h22,26-33,39-46,57-62H,10-21,23-25H2,1-9H3/t26-,27+,28+,29-,30-,31+,32-,33+,39+,40?,41+,42-,43-,44+,45-,46+,48+,49+,50+,51-,52-,53-,54-/m1/s1. The van der Waals surface area contributed by atoms with E-state index in [4.69, 9.17) is 24.2 Å². The predicted molar refractivity (Wildman–Crippen MR) is 242 cm³/mol.